The summed E-state index contributed by atoms with van der Waals surface area (Å²) in [5, 5.41) is 0. The van der Waals surface area contributed by atoms with Gasteiger partial charge in [0.05, 0.1) is 0 Å². The summed E-state index contributed by atoms with van der Waals surface area (Å²) in [6, 6.07) is 0. The van der Waals surface area contributed by atoms with E-state index in [4.69, 9.17) is 0 Å². The molecule has 0 aliphatic heterocycles. The first-order valence-electron chi connectivity index (χ1n) is 3.10. The minimum absolute atomic E-state index is 0. The molecule has 0 atom stereocenters. The second kappa shape index (κ2) is 8.94. The fourth-order valence-electron chi connectivity index (χ4n) is 0.347. The molecule has 0 spiro atoms. The molecule has 0 N–H and O–H groups in total. The van der Waals surface area contributed by atoms with Crippen molar-refractivity contribution in [2.75, 3.05) is 12.7 Å². The van der Waals surface area contributed by atoms with Crippen molar-refractivity contribution in [2.45, 2.75) is 13.8 Å². The Morgan fingerprint density at radius 3 is 1.67 bits per heavy atom. The minimum atomic E-state index is -0.305. The molecule has 0 aromatic heterocycles. The molecule has 0 aliphatic rings. The van der Waals surface area contributed by atoms with Crippen molar-refractivity contribution in [3.8, 4) is 0 Å². The van der Waals surface area contributed by atoms with Crippen molar-refractivity contribution in [3.63, 3.8) is 0 Å². The van der Waals surface area contributed by atoms with Crippen LogP contribution in [-0.2, 0) is 19.1 Å². The molecule has 0 aromatic rings. The first kappa shape index (κ1) is 14.4. The van der Waals surface area contributed by atoms with Gasteiger partial charge in [-0.15, -0.1) is 17.0 Å². The van der Waals surface area contributed by atoms with Gasteiger partial charge in [0.25, 0.3) is 0 Å². The third-order valence-electron chi connectivity index (χ3n) is 0.755. The Bertz CT molecular complexity index is 134. The van der Waals surface area contributed by atoms with Crippen LogP contribution in [0.25, 0.3) is 0 Å². The van der Waals surface area contributed by atoms with Gasteiger partial charge in [0.15, 0.2) is 0 Å². The molecule has 0 rings (SSSR count). The van der Waals surface area contributed by atoms with Crippen molar-refractivity contribution >= 4 is 37.5 Å². The number of carbonyl (C=O) groups is 2. The molecule has 0 saturated heterocycles. The summed E-state index contributed by atoms with van der Waals surface area (Å²) in [5.74, 6) is -0.611. The van der Waals surface area contributed by atoms with Gasteiger partial charge in [-0.25, -0.2) is 0 Å². The highest BCUT2D eigenvalue weighted by atomic mass is 79.9. The predicted molar refractivity (Wildman–Crippen MR) is 51.9 cm³/mol. The van der Waals surface area contributed by atoms with Crippen LogP contribution in [0.15, 0.2) is 0 Å². The third-order valence-corrected chi connectivity index (χ3v) is 1.45. The van der Waals surface area contributed by atoms with E-state index in [1.165, 1.54) is 13.8 Å². The lowest BCUT2D eigenvalue weighted by atomic mass is 10.8. The van der Waals surface area contributed by atoms with Crippen LogP contribution < -0.4 is 0 Å². The summed E-state index contributed by atoms with van der Waals surface area (Å²) in [6.45, 7) is 2.69. The molecule has 0 saturated carbocycles. The van der Waals surface area contributed by atoms with Gasteiger partial charge in [-0.1, -0.05) is 0 Å². The van der Waals surface area contributed by atoms with Gasteiger partial charge >= 0.3 is 11.9 Å². The molecule has 0 unspecified atom stereocenters. The molecular weight excluding hydrogens is 247 g/mol. The van der Waals surface area contributed by atoms with Crippen molar-refractivity contribution in [1.29, 1.82) is 0 Å². The average molecular weight is 259 g/mol. The fraction of sp³-hybridized carbons (Fsp3) is 0.667. The molecule has 0 fully saturated rings. The van der Waals surface area contributed by atoms with Crippen molar-refractivity contribution in [2.24, 2.45) is 0 Å². The van der Waals surface area contributed by atoms with Crippen molar-refractivity contribution < 1.29 is 19.1 Å². The van der Waals surface area contributed by atoms with Crippen LogP contribution in [0.2, 0.25) is 0 Å². The van der Waals surface area contributed by atoms with Crippen molar-refractivity contribution in [3.05, 3.63) is 0 Å². The van der Waals surface area contributed by atoms with Gasteiger partial charge in [0.2, 0.25) is 0 Å². The highest BCUT2D eigenvalue weighted by Crippen LogP contribution is 2.09. The van der Waals surface area contributed by atoms with Gasteiger partial charge in [-0.2, -0.15) is 0 Å². The molecule has 0 aliphatic carbocycles. The van der Waals surface area contributed by atoms with Crippen LogP contribution in [0.5, 0.6) is 0 Å². The second-order valence-electron chi connectivity index (χ2n) is 1.81. The van der Waals surface area contributed by atoms with Gasteiger partial charge in [-0.05, 0) is 8.58 Å². The van der Waals surface area contributed by atoms with Crippen LogP contribution in [0.4, 0.5) is 0 Å². The molecule has 0 aromatic carbocycles. The fourth-order valence-corrected chi connectivity index (χ4v) is 1.04. The van der Waals surface area contributed by atoms with Crippen LogP contribution >= 0.6 is 25.6 Å². The second-order valence-corrected chi connectivity index (χ2v) is 2.89. The Kier molecular flexibility index (Phi) is 10.7. The molecule has 0 bridgehead atoms. The average Bonchev–Trinajstić information content (AvgIpc) is 1.85. The highest BCUT2D eigenvalue weighted by molar-refractivity contribution is 8.93. The maximum absolute atomic E-state index is 10.2. The lowest BCUT2D eigenvalue weighted by Gasteiger charge is -2.01. The molecule has 6 heteroatoms. The van der Waals surface area contributed by atoms with Gasteiger partial charge < -0.3 is 9.47 Å². The van der Waals surface area contributed by atoms with Crippen LogP contribution in [0.3, 0.4) is 0 Å². The molecule has 4 nitrogen and oxygen atoms in total. The smallest absolute Gasteiger partial charge is 0.302 e. The molecular formula is C6H12BrO4P. The quantitative estimate of drug-likeness (QED) is 0.433. The molecule has 72 valence electrons. The minimum Gasteiger partial charge on any atom is -0.461 e. The number of rotatable bonds is 4. The van der Waals surface area contributed by atoms with Crippen LogP contribution in [0.1, 0.15) is 13.8 Å². The van der Waals surface area contributed by atoms with E-state index >= 15 is 0 Å². The first-order valence-corrected chi connectivity index (χ1v) is 4.52. The number of esters is 2. The van der Waals surface area contributed by atoms with E-state index in [-0.39, 0.29) is 28.9 Å². The Balaban J connectivity index is 0. The van der Waals surface area contributed by atoms with E-state index in [0.29, 0.717) is 21.3 Å². The Morgan fingerprint density at radius 1 is 1.08 bits per heavy atom. The number of hydrogen-bond donors (Lipinski definition) is 0. The number of carbonyl (C=O) groups excluding carboxylic acids is 2. The van der Waals surface area contributed by atoms with Gasteiger partial charge in [0.1, 0.15) is 12.7 Å². The maximum Gasteiger partial charge on any atom is 0.302 e. The zero-order chi connectivity index (χ0) is 8.69. The Labute approximate surface area is 83.5 Å². The zero-order valence-corrected chi connectivity index (χ0v) is 9.67. The Morgan fingerprint density at radius 2 is 1.42 bits per heavy atom. The van der Waals surface area contributed by atoms with Gasteiger partial charge in [0, 0.05) is 13.8 Å². The summed E-state index contributed by atoms with van der Waals surface area (Å²) in [7, 11) is 0.332. The normalized spacial score (nSPS) is 8.17. The van der Waals surface area contributed by atoms with E-state index in [1.807, 2.05) is 0 Å². The molecule has 0 amide bonds. The Hall–Kier alpha value is -0.150. The van der Waals surface area contributed by atoms with Crippen molar-refractivity contribution in [1.82, 2.24) is 0 Å². The van der Waals surface area contributed by atoms with Crippen LogP contribution in [0, 0.1) is 0 Å². The number of hydrogen-bond acceptors (Lipinski definition) is 4. The van der Waals surface area contributed by atoms with E-state index in [0.717, 1.165) is 0 Å². The monoisotopic (exact) mass is 258 g/mol. The largest absolute Gasteiger partial charge is 0.461 e. The number of ether oxygens (including phenoxy) is 2. The summed E-state index contributed by atoms with van der Waals surface area (Å²) >= 11 is 0. The molecule has 0 heterocycles. The first-order chi connectivity index (χ1) is 5.13. The lowest BCUT2D eigenvalue weighted by Crippen LogP contribution is -2.00. The highest BCUT2D eigenvalue weighted by Gasteiger charge is 1.94. The molecule has 0 radical (unpaired) electrons. The number of halogens is 1. The summed E-state index contributed by atoms with van der Waals surface area (Å²) < 4.78 is 9.21. The SMILES string of the molecule is Br.CC(=O)OCPCOC(C)=O. The standard InChI is InChI=1S/C6H11O4P.BrH/c1-5(7)9-3-11-4-10-6(2)8;/h11H,3-4H2,1-2H3;1H. The van der Waals surface area contributed by atoms with Crippen LogP contribution in [-0.4, -0.2) is 24.6 Å². The van der Waals surface area contributed by atoms with E-state index in [9.17, 15) is 9.59 Å². The molecule has 12 heavy (non-hydrogen) atoms. The third kappa shape index (κ3) is 12.5. The van der Waals surface area contributed by atoms with E-state index in [2.05, 4.69) is 9.47 Å². The summed E-state index contributed by atoms with van der Waals surface area (Å²) in [6.07, 6.45) is 0.672. The zero-order valence-electron chi connectivity index (χ0n) is 6.96. The van der Waals surface area contributed by atoms with E-state index < -0.39 is 0 Å². The van der Waals surface area contributed by atoms with E-state index in [1.54, 1.807) is 0 Å². The summed E-state index contributed by atoms with van der Waals surface area (Å²) in [4.78, 5) is 20.4. The topological polar surface area (TPSA) is 52.6 Å². The summed E-state index contributed by atoms with van der Waals surface area (Å²) in [5.41, 5.74) is 0. The van der Waals surface area contributed by atoms with Gasteiger partial charge in [-0.3, -0.25) is 9.59 Å². The maximum atomic E-state index is 10.2. The predicted octanol–water partition coefficient (Wildman–Crippen LogP) is 1.28. The lowest BCUT2D eigenvalue weighted by molar-refractivity contribution is -0.138.